The van der Waals surface area contributed by atoms with Crippen LogP contribution >= 0.6 is 11.8 Å². The van der Waals surface area contributed by atoms with Gasteiger partial charge in [0, 0.05) is 18.0 Å². The average molecular weight is 263 g/mol. The van der Waals surface area contributed by atoms with Gasteiger partial charge in [0.2, 0.25) is 0 Å². The molecule has 1 rings (SSSR count). The quantitative estimate of drug-likeness (QED) is 0.358. The van der Waals surface area contributed by atoms with Crippen LogP contribution in [0, 0.1) is 0 Å². The number of nitrogens with one attached hydrogen (secondary N) is 2. The second-order valence-electron chi connectivity index (χ2n) is 3.71. The highest BCUT2D eigenvalue weighted by atomic mass is 32.2. The third-order valence-corrected chi connectivity index (χ3v) is 3.08. The van der Waals surface area contributed by atoms with Crippen LogP contribution in [-0.2, 0) is 6.54 Å². The summed E-state index contributed by atoms with van der Waals surface area (Å²) >= 11 is 1.75. The first-order valence-corrected chi connectivity index (χ1v) is 7.28. The van der Waals surface area contributed by atoms with Crippen molar-refractivity contribution in [2.45, 2.75) is 18.4 Å². The Hall–Kier alpha value is -1.42. The number of benzene rings is 1. The number of rotatable bonds is 6. The summed E-state index contributed by atoms with van der Waals surface area (Å²) in [6.45, 7) is 7.99. The molecule has 0 radical (unpaired) electrons. The molecule has 0 spiro atoms. The smallest absolute Gasteiger partial charge is 0.191 e. The largest absolute Gasteiger partial charge is 0.357 e. The fourth-order valence-corrected chi connectivity index (χ4v) is 1.82. The summed E-state index contributed by atoms with van der Waals surface area (Å²) in [5.41, 5.74) is 1.21. The minimum atomic E-state index is 0.682. The van der Waals surface area contributed by atoms with Gasteiger partial charge in [0.25, 0.3) is 0 Å². The number of nitrogens with zero attached hydrogens (tertiary/aromatic N) is 1. The van der Waals surface area contributed by atoms with Crippen molar-refractivity contribution in [3.63, 3.8) is 0 Å². The van der Waals surface area contributed by atoms with Crippen LogP contribution in [0.25, 0.3) is 0 Å². The lowest BCUT2D eigenvalue weighted by Crippen LogP contribution is -2.37. The number of thioether (sulfide) groups is 1. The van der Waals surface area contributed by atoms with Crippen LogP contribution in [-0.4, -0.2) is 25.3 Å². The normalized spacial score (nSPS) is 11.1. The highest BCUT2D eigenvalue weighted by Crippen LogP contribution is 2.15. The van der Waals surface area contributed by atoms with E-state index in [2.05, 4.69) is 59.6 Å². The molecule has 1 aromatic carbocycles. The van der Waals surface area contributed by atoms with Crippen molar-refractivity contribution in [2.24, 2.45) is 4.99 Å². The third-order valence-electron chi connectivity index (χ3n) is 2.34. The summed E-state index contributed by atoms with van der Waals surface area (Å²) in [5.74, 6) is 0.825. The summed E-state index contributed by atoms with van der Waals surface area (Å²) < 4.78 is 0. The molecule has 0 aromatic heterocycles. The summed E-state index contributed by atoms with van der Waals surface area (Å²) in [6, 6.07) is 8.48. The summed E-state index contributed by atoms with van der Waals surface area (Å²) in [7, 11) is 0. The van der Waals surface area contributed by atoms with Crippen LogP contribution in [0.1, 0.15) is 12.5 Å². The van der Waals surface area contributed by atoms with Gasteiger partial charge in [-0.15, -0.1) is 18.3 Å². The summed E-state index contributed by atoms with van der Waals surface area (Å²) in [5, 5.41) is 6.38. The van der Waals surface area contributed by atoms with Gasteiger partial charge < -0.3 is 10.6 Å². The fraction of sp³-hybridized carbons (Fsp3) is 0.357. The number of hydrogen-bond acceptors (Lipinski definition) is 2. The molecule has 0 atom stereocenters. The van der Waals surface area contributed by atoms with Gasteiger partial charge in [0.1, 0.15) is 0 Å². The molecule has 4 heteroatoms. The summed E-state index contributed by atoms with van der Waals surface area (Å²) in [4.78, 5) is 5.79. The van der Waals surface area contributed by atoms with Gasteiger partial charge in [-0.05, 0) is 30.9 Å². The van der Waals surface area contributed by atoms with Crippen LogP contribution in [0.4, 0.5) is 0 Å². The molecule has 18 heavy (non-hydrogen) atoms. The fourth-order valence-electron chi connectivity index (χ4n) is 1.41. The first-order chi connectivity index (χ1) is 8.80. The van der Waals surface area contributed by atoms with Crippen LogP contribution in [0.3, 0.4) is 0 Å². The molecule has 0 amide bonds. The van der Waals surface area contributed by atoms with E-state index in [9.17, 15) is 0 Å². The molecule has 0 saturated carbocycles. The monoisotopic (exact) mass is 263 g/mol. The molecule has 0 fully saturated rings. The molecule has 2 N–H and O–H groups in total. The van der Waals surface area contributed by atoms with Crippen molar-refractivity contribution < 1.29 is 0 Å². The lowest BCUT2D eigenvalue weighted by Gasteiger charge is -2.09. The van der Waals surface area contributed by atoms with E-state index < -0.39 is 0 Å². The van der Waals surface area contributed by atoms with E-state index in [4.69, 9.17) is 0 Å². The van der Waals surface area contributed by atoms with Gasteiger partial charge in [-0.25, -0.2) is 4.99 Å². The Labute approximate surface area is 114 Å². The highest BCUT2D eigenvalue weighted by Gasteiger charge is 1.96. The Kier molecular flexibility index (Phi) is 7.03. The second-order valence-corrected chi connectivity index (χ2v) is 4.59. The number of aliphatic imine (C=N–C) groups is 1. The molecule has 0 aliphatic carbocycles. The SMILES string of the molecule is C=CCNC(=NCc1ccc(SC)cc1)NCC. The number of hydrogen-bond donors (Lipinski definition) is 2. The van der Waals surface area contributed by atoms with Crippen molar-refractivity contribution in [1.82, 2.24) is 10.6 Å². The maximum Gasteiger partial charge on any atom is 0.191 e. The Morgan fingerprint density at radius 1 is 1.33 bits per heavy atom. The molecule has 0 unspecified atom stereocenters. The average Bonchev–Trinajstić information content (AvgIpc) is 2.42. The maximum atomic E-state index is 4.52. The van der Waals surface area contributed by atoms with Crippen LogP contribution in [0.15, 0.2) is 46.8 Å². The molecule has 0 bridgehead atoms. The van der Waals surface area contributed by atoms with Crippen molar-refractivity contribution in [2.75, 3.05) is 19.3 Å². The van der Waals surface area contributed by atoms with Crippen LogP contribution < -0.4 is 10.6 Å². The third kappa shape index (κ3) is 5.27. The molecular formula is C14H21N3S. The summed E-state index contributed by atoms with van der Waals surface area (Å²) in [6.07, 6.45) is 3.90. The maximum absolute atomic E-state index is 4.52. The molecule has 98 valence electrons. The first-order valence-electron chi connectivity index (χ1n) is 6.06. The van der Waals surface area contributed by atoms with Gasteiger partial charge >= 0.3 is 0 Å². The zero-order chi connectivity index (χ0) is 13.2. The van der Waals surface area contributed by atoms with E-state index >= 15 is 0 Å². The minimum Gasteiger partial charge on any atom is -0.357 e. The molecule has 0 aliphatic rings. The van der Waals surface area contributed by atoms with Gasteiger partial charge in [0.15, 0.2) is 5.96 Å². The van der Waals surface area contributed by atoms with Crippen LogP contribution in [0.5, 0.6) is 0 Å². The van der Waals surface area contributed by atoms with E-state index in [-0.39, 0.29) is 0 Å². The van der Waals surface area contributed by atoms with E-state index in [1.165, 1.54) is 10.5 Å². The standard InChI is InChI=1S/C14H21N3S/c1-4-10-16-14(15-5-2)17-11-12-6-8-13(18-3)9-7-12/h4,6-9H,1,5,10-11H2,2-3H3,(H2,15,16,17). The van der Waals surface area contributed by atoms with Gasteiger partial charge in [-0.3, -0.25) is 0 Å². The zero-order valence-electron chi connectivity index (χ0n) is 11.1. The molecule has 0 saturated heterocycles. The lowest BCUT2D eigenvalue weighted by atomic mass is 10.2. The Morgan fingerprint density at radius 2 is 2.06 bits per heavy atom. The lowest BCUT2D eigenvalue weighted by molar-refractivity contribution is 0.860. The predicted octanol–water partition coefficient (Wildman–Crippen LogP) is 2.65. The molecule has 3 nitrogen and oxygen atoms in total. The zero-order valence-corrected chi connectivity index (χ0v) is 11.9. The van der Waals surface area contributed by atoms with Crippen molar-refractivity contribution in [3.05, 3.63) is 42.5 Å². The van der Waals surface area contributed by atoms with Gasteiger partial charge in [-0.2, -0.15) is 0 Å². The topological polar surface area (TPSA) is 36.4 Å². The molecule has 0 heterocycles. The second kappa shape index (κ2) is 8.64. The Bertz CT molecular complexity index is 385. The van der Waals surface area contributed by atoms with E-state index in [1.54, 1.807) is 11.8 Å². The Balaban J connectivity index is 2.59. The van der Waals surface area contributed by atoms with Gasteiger partial charge in [0.05, 0.1) is 6.54 Å². The van der Waals surface area contributed by atoms with Gasteiger partial charge in [-0.1, -0.05) is 18.2 Å². The van der Waals surface area contributed by atoms with Crippen molar-refractivity contribution in [3.8, 4) is 0 Å². The molecule has 0 aliphatic heterocycles. The minimum absolute atomic E-state index is 0.682. The van der Waals surface area contributed by atoms with E-state index in [1.807, 2.05) is 6.08 Å². The molecular weight excluding hydrogens is 242 g/mol. The Morgan fingerprint density at radius 3 is 2.61 bits per heavy atom. The van der Waals surface area contributed by atoms with E-state index in [0.717, 1.165) is 19.0 Å². The molecule has 1 aromatic rings. The predicted molar refractivity (Wildman–Crippen MR) is 81.2 cm³/mol. The van der Waals surface area contributed by atoms with Crippen molar-refractivity contribution >= 4 is 17.7 Å². The highest BCUT2D eigenvalue weighted by molar-refractivity contribution is 7.98. The first kappa shape index (κ1) is 14.6. The number of guanidine groups is 1. The van der Waals surface area contributed by atoms with Crippen molar-refractivity contribution in [1.29, 1.82) is 0 Å². The van der Waals surface area contributed by atoms with Crippen LogP contribution in [0.2, 0.25) is 0 Å². The van der Waals surface area contributed by atoms with E-state index in [0.29, 0.717) is 6.54 Å².